The van der Waals surface area contributed by atoms with Gasteiger partial charge in [0.15, 0.2) is 0 Å². The predicted octanol–water partition coefficient (Wildman–Crippen LogP) is 20.7. The van der Waals surface area contributed by atoms with Gasteiger partial charge < -0.3 is 29.5 Å². The number of aliphatic hydroxyl groups is 3. The van der Waals surface area contributed by atoms with Crippen LogP contribution in [-0.4, -0.2) is 51.6 Å². The van der Waals surface area contributed by atoms with Crippen LogP contribution in [0.25, 0.3) is 0 Å². The summed E-state index contributed by atoms with van der Waals surface area (Å²) in [4.78, 5) is 39.4. The topological polar surface area (TPSA) is 140 Å². The van der Waals surface area contributed by atoms with Gasteiger partial charge in [0, 0.05) is 19.3 Å². The molecule has 0 saturated carbocycles. The smallest absolute Gasteiger partial charge is 0.420 e. The van der Waals surface area contributed by atoms with E-state index < -0.39 is 36.3 Å². The molecule has 0 radical (unpaired) electrons. The van der Waals surface area contributed by atoms with Gasteiger partial charge in [-0.3, -0.25) is 14.4 Å². The highest BCUT2D eigenvalue weighted by molar-refractivity contribution is 5.73. The maximum atomic E-state index is 13.2. The number of carbonyl (C=O) groups is 3. The second-order valence-electron chi connectivity index (χ2n) is 23.2. The van der Waals surface area contributed by atoms with Crippen molar-refractivity contribution in [2.75, 3.05) is 6.61 Å². The molecule has 1 atom stereocenters. The largest absolute Gasteiger partial charge is 0.446 e. The molecule has 78 heavy (non-hydrogen) atoms. The Balaban J connectivity index is 4.77. The highest BCUT2D eigenvalue weighted by atomic mass is 16.9. The molecule has 1 unspecified atom stereocenters. The van der Waals surface area contributed by atoms with E-state index in [9.17, 15) is 29.7 Å². The van der Waals surface area contributed by atoms with E-state index in [1.165, 1.54) is 212 Å². The predicted molar refractivity (Wildman–Crippen MR) is 329 cm³/mol. The van der Waals surface area contributed by atoms with Crippen LogP contribution in [0.4, 0.5) is 0 Å². The van der Waals surface area contributed by atoms with Crippen molar-refractivity contribution in [1.82, 2.24) is 0 Å². The van der Waals surface area contributed by atoms with Gasteiger partial charge >= 0.3 is 29.7 Å². The molecule has 0 fully saturated rings. The molecule has 0 aliphatic carbocycles. The molecule has 0 spiro atoms. The zero-order valence-electron chi connectivity index (χ0n) is 51.6. The van der Waals surface area contributed by atoms with Crippen molar-refractivity contribution in [1.29, 1.82) is 0 Å². The van der Waals surface area contributed by atoms with E-state index in [1.807, 2.05) is 0 Å². The summed E-state index contributed by atoms with van der Waals surface area (Å²) in [7, 11) is 0. The molecule has 3 N–H and O–H groups in total. The zero-order chi connectivity index (χ0) is 57.0. The maximum Gasteiger partial charge on any atom is 0.446 e. The molecule has 0 bridgehead atoms. The average Bonchev–Trinajstić information content (AvgIpc) is 3.48. The minimum atomic E-state index is -3.41. The quantitative estimate of drug-likeness (QED) is 0.0235. The maximum absolute atomic E-state index is 13.2. The van der Waals surface area contributed by atoms with Gasteiger partial charge in [0.05, 0.1) is 0 Å². The van der Waals surface area contributed by atoms with Crippen molar-refractivity contribution in [2.24, 2.45) is 0 Å². The summed E-state index contributed by atoms with van der Waals surface area (Å²) < 4.78 is 15.8. The molecule has 0 aliphatic heterocycles. The number of esters is 3. The van der Waals surface area contributed by atoms with Crippen LogP contribution in [0.2, 0.25) is 0 Å². The van der Waals surface area contributed by atoms with E-state index in [0.29, 0.717) is 19.3 Å². The van der Waals surface area contributed by atoms with Crippen molar-refractivity contribution >= 4 is 17.9 Å². The molecule has 0 heterocycles. The Kier molecular flexibility index (Phi) is 57.3. The zero-order valence-corrected chi connectivity index (χ0v) is 51.6. The minimum Gasteiger partial charge on any atom is -0.420 e. The molecule has 0 amide bonds. The number of aliphatic hydroxyl groups excluding tert-OH is 1. The van der Waals surface area contributed by atoms with Gasteiger partial charge in [-0.2, -0.15) is 0 Å². The third-order valence-electron chi connectivity index (χ3n) is 15.4. The first-order chi connectivity index (χ1) is 38.2. The van der Waals surface area contributed by atoms with Gasteiger partial charge in [0.2, 0.25) is 0 Å². The summed E-state index contributed by atoms with van der Waals surface area (Å²) in [5.74, 6) is -9.37. The lowest BCUT2D eigenvalue weighted by atomic mass is 10.1. The molecule has 0 aromatic rings. The molecule has 0 rings (SSSR count). The third kappa shape index (κ3) is 50.5. The third-order valence-corrected chi connectivity index (χ3v) is 15.4. The molecule has 0 aromatic carbocycles. The molecule has 0 aliphatic rings. The van der Waals surface area contributed by atoms with Crippen LogP contribution >= 0.6 is 0 Å². The van der Waals surface area contributed by atoms with E-state index in [-0.39, 0.29) is 19.3 Å². The van der Waals surface area contributed by atoms with Gasteiger partial charge in [0.1, 0.15) is 6.61 Å². The number of ether oxygens (including phenoxy) is 3. The van der Waals surface area contributed by atoms with Gasteiger partial charge in [0.25, 0.3) is 0 Å². The Hall–Kier alpha value is -2.49. The summed E-state index contributed by atoms with van der Waals surface area (Å²) in [5.41, 5.74) is 0. The molecular weight excluding hydrogens is 973 g/mol. The fourth-order valence-corrected chi connectivity index (χ4v) is 10.2. The Morgan fingerprint density at radius 3 is 0.667 bits per heavy atom. The van der Waals surface area contributed by atoms with E-state index in [2.05, 4.69) is 57.2 Å². The Labute approximate surface area is 482 Å². The van der Waals surface area contributed by atoms with Crippen LogP contribution in [-0.2, 0) is 28.6 Å². The lowest BCUT2D eigenvalue weighted by molar-refractivity contribution is -0.448. The van der Waals surface area contributed by atoms with Crippen molar-refractivity contribution in [3.8, 4) is 0 Å². The lowest BCUT2D eigenvalue weighted by Gasteiger charge is -2.38. The van der Waals surface area contributed by atoms with E-state index in [1.54, 1.807) is 0 Å². The fraction of sp³-hybridized carbons (Fsp3) is 0.870. The highest BCUT2D eigenvalue weighted by Crippen LogP contribution is 2.30. The minimum absolute atomic E-state index is 0.0833. The molecule has 9 nitrogen and oxygen atoms in total. The second-order valence-corrected chi connectivity index (χ2v) is 23.2. The number of unbranched alkanes of at least 4 members (excludes halogenated alkanes) is 45. The van der Waals surface area contributed by atoms with E-state index >= 15 is 0 Å². The fourth-order valence-electron chi connectivity index (χ4n) is 10.2. The molecule has 0 saturated heterocycles. The number of hydrogen-bond donors (Lipinski definition) is 3. The van der Waals surface area contributed by atoms with Gasteiger partial charge in [-0.1, -0.05) is 288 Å². The number of allylic oxidation sites excluding steroid dienone is 6. The average molecular weight is 1100 g/mol. The van der Waals surface area contributed by atoms with Crippen LogP contribution in [0, 0.1) is 0 Å². The summed E-state index contributed by atoms with van der Waals surface area (Å²) in [6, 6.07) is 0. The molecule has 458 valence electrons. The molecule has 9 heteroatoms. The first-order valence-corrected chi connectivity index (χ1v) is 33.8. The van der Waals surface area contributed by atoms with Crippen LogP contribution in [0.1, 0.15) is 367 Å². The van der Waals surface area contributed by atoms with Gasteiger partial charge in [-0.05, 0) is 96.3 Å². The van der Waals surface area contributed by atoms with Crippen molar-refractivity contribution in [3.63, 3.8) is 0 Å². The molecule has 0 aromatic heterocycles. The van der Waals surface area contributed by atoms with Crippen LogP contribution < -0.4 is 0 Å². The van der Waals surface area contributed by atoms with E-state index in [0.717, 1.165) is 96.3 Å². The van der Waals surface area contributed by atoms with Gasteiger partial charge in [-0.25, -0.2) is 0 Å². The summed E-state index contributed by atoms with van der Waals surface area (Å²) in [5, 5.41) is 33.4. The summed E-state index contributed by atoms with van der Waals surface area (Å²) in [6.45, 7) is 5.43. The monoisotopic (exact) mass is 1100 g/mol. The van der Waals surface area contributed by atoms with E-state index in [4.69, 9.17) is 14.2 Å². The standard InChI is InChI=1S/C69H128O9/c1-4-7-10-13-16-19-22-25-28-31-34-37-40-43-46-49-52-55-58-61-65(71)76-68(74,64-70)69(75,77-66(72)62-59-56-53-50-47-44-41-38-35-32-29-26-23-20-17-14-11-8-5-2)78-67(73)63-60-57-54-51-48-45-42-39-36-33-30-27-24-21-18-15-12-9-6-3/h25-30,70,74-75H,4-24,31-64H2,1-3H3/b28-25+,29-26+,30-27+. The lowest BCUT2D eigenvalue weighted by Crippen LogP contribution is -2.63. The first kappa shape index (κ1) is 75.5. The first-order valence-electron chi connectivity index (χ1n) is 33.8. The summed E-state index contributed by atoms with van der Waals surface area (Å²) >= 11 is 0. The number of hydrogen-bond acceptors (Lipinski definition) is 9. The normalized spacial score (nSPS) is 12.8. The van der Waals surface area contributed by atoms with Crippen molar-refractivity contribution < 1.29 is 43.9 Å². The number of rotatable bonds is 62. The Bertz CT molecular complexity index is 1330. The summed E-state index contributed by atoms with van der Waals surface area (Å²) in [6.07, 6.45) is 73.0. The van der Waals surface area contributed by atoms with Crippen LogP contribution in [0.3, 0.4) is 0 Å². The molecular formula is C69H128O9. The SMILES string of the molecule is CCCCCCCC/C=C/CCCCCCCCCCCC(=O)OC(O)(CO)C(O)(OC(=O)CCCCCCCCCCC/C=C/CCCCCCCC)OC(=O)CCCCCCCCCCC/C=C/CCCCCCCC. The van der Waals surface area contributed by atoms with Crippen LogP contribution in [0.5, 0.6) is 0 Å². The second kappa shape index (κ2) is 59.1. The Morgan fingerprint density at radius 1 is 0.282 bits per heavy atom. The number of carbonyl (C=O) groups excluding carboxylic acids is 3. The van der Waals surface area contributed by atoms with Crippen LogP contribution in [0.15, 0.2) is 36.5 Å². The highest BCUT2D eigenvalue weighted by Gasteiger charge is 2.61. The Morgan fingerprint density at radius 2 is 0.462 bits per heavy atom. The van der Waals surface area contributed by atoms with Gasteiger partial charge in [-0.15, -0.1) is 0 Å². The van der Waals surface area contributed by atoms with Crippen molar-refractivity contribution in [3.05, 3.63) is 36.5 Å². The van der Waals surface area contributed by atoms with Crippen molar-refractivity contribution in [2.45, 2.75) is 379 Å².